The van der Waals surface area contributed by atoms with Crippen LogP contribution < -0.4 is 5.73 Å². The Balaban J connectivity index is 2.26. The third kappa shape index (κ3) is 3.05. The molecule has 2 rings (SSSR count). The molecule has 4 heteroatoms. The van der Waals surface area contributed by atoms with E-state index in [1.54, 1.807) is 50.4 Å². The first-order valence-electron chi connectivity index (χ1n) is 6.79. The summed E-state index contributed by atoms with van der Waals surface area (Å²) in [7, 11) is 1.67. The third-order valence-electron chi connectivity index (χ3n) is 3.77. The maximum Gasteiger partial charge on any atom is 0.254 e. The van der Waals surface area contributed by atoms with Gasteiger partial charge in [0.25, 0.3) is 5.91 Å². The van der Waals surface area contributed by atoms with Crippen molar-refractivity contribution in [2.75, 3.05) is 12.8 Å². The number of carbonyl (C=O) groups excluding carboxylic acids is 1. The van der Waals surface area contributed by atoms with Crippen LogP contribution in [0.5, 0.6) is 0 Å². The van der Waals surface area contributed by atoms with Gasteiger partial charge >= 0.3 is 0 Å². The van der Waals surface area contributed by atoms with Gasteiger partial charge in [-0.25, -0.2) is 4.39 Å². The van der Waals surface area contributed by atoms with E-state index in [2.05, 4.69) is 0 Å². The minimum Gasteiger partial charge on any atom is -0.399 e. The summed E-state index contributed by atoms with van der Waals surface area (Å²) in [4.78, 5) is 14.0. The van der Waals surface area contributed by atoms with Gasteiger partial charge in [-0.3, -0.25) is 4.79 Å². The second kappa shape index (κ2) is 5.95. The molecule has 0 spiro atoms. The van der Waals surface area contributed by atoms with Gasteiger partial charge in [0.2, 0.25) is 0 Å². The fraction of sp³-hybridized carbons (Fsp3) is 0.235. The van der Waals surface area contributed by atoms with E-state index in [0.717, 1.165) is 5.56 Å². The summed E-state index contributed by atoms with van der Waals surface area (Å²) in [5.41, 5.74) is 8.31. The summed E-state index contributed by atoms with van der Waals surface area (Å²) in [5.74, 6) is -0.466. The zero-order valence-corrected chi connectivity index (χ0v) is 12.4. The van der Waals surface area contributed by atoms with Gasteiger partial charge in [-0.05, 0) is 43.7 Å². The maximum atomic E-state index is 13.8. The van der Waals surface area contributed by atoms with E-state index < -0.39 is 0 Å². The van der Waals surface area contributed by atoms with Crippen molar-refractivity contribution in [1.82, 2.24) is 4.90 Å². The van der Waals surface area contributed by atoms with Crippen LogP contribution in [0.1, 0.15) is 34.5 Å². The number of rotatable bonds is 3. The van der Waals surface area contributed by atoms with Crippen molar-refractivity contribution in [3.8, 4) is 0 Å². The first-order chi connectivity index (χ1) is 9.91. The minimum atomic E-state index is -0.350. The van der Waals surface area contributed by atoms with Crippen molar-refractivity contribution in [1.29, 1.82) is 0 Å². The highest BCUT2D eigenvalue weighted by Crippen LogP contribution is 2.24. The zero-order chi connectivity index (χ0) is 15.6. The third-order valence-corrected chi connectivity index (χ3v) is 3.77. The molecule has 2 aromatic rings. The Kier molecular flexibility index (Phi) is 4.26. The van der Waals surface area contributed by atoms with Gasteiger partial charge in [0.1, 0.15) is 5.82 Å². The summed E-state index contributed by atoms with van der Waals surface area (Å²) in [6, 6.07) is 11.3. The Hall–Kier alpha value is -2.36. The van der Waals surface area contributed by atoms with Crippen LogP contribution in [0.3, 0.4) is 0 Å². The maximum absolute atomic E-state index is 13.8. The van der Waals surface area contributed by atoms with Crippen LogP contribution in [0, 0.1) is 12.7 Å². The highest BCUT2D eigenvalue weighted by Gasteiger charge is 2.21. The Morgan fingerprint density at radius 2 is 1.90 bits per heavy atom. The molecule has 21 heavy (non-hydrogen) atoms. The minimum absolute atomic E-state index is 0.158. The summed E-state index contributed by atoms with van der Waals surface area (Å²) in [6.45, 7) is 3.66. The number of anilines is 1. The highest BCUT2D eigenvalue weighted by molar-refractivity contribution is 5.95. The smallest absolute Gasteiger partial charge is 0.254 e. The van der Waals surface area contributed by atoms with Gasteiger partial charge < -0.3 is 10.6 Å². The van der Waals surface area contributed by atoms with E-state index in [9.17, 15) is 9.18 Å². The fourth-order valence-electron chi connectivity index (χ4n) is 2.21. The lowest BCUT2D eigenvalue weighted by Crippen LogP contribution is -2.30. The van der Waals surface area contributed by atoms with E-state index in [4.69, 9.17) is 5.73 Å². The quantitative estimate of drug-likeness (QED) is 0.877. The molecule has 0 fully saturated rings. The van der Waals surface area contributed by atoms with E-state index in [1.807, 2.05) is 6.92 Å². The van der Waals surface area contributed by atoms with Gasteiger partial charge in [0.15, 0.2) is 0 Å². The summed E-state index contributed by atoms with van der Waals surface area (Å²) < 4.78 is 13.8. The van der Waals surface area contributed by atoms with Gasteiger partial charge in [0.05, 0.1) is 6.04 Å². The number of nitrogens with two attached hydrogens (primary N) is 1. The lowest BCUT2D eigenvalue weighted by atomic mass is 10.0. The van der Waals surface area contributed by atoms with Gasteiger partial charge in [-0.1, -0.05) is 18.2 Å². The molecule has 0 aliphatic carbocycles. The molecular weight excluding hydrogens is 267 g/mol. The predicted octanol–water partition coefficient (Wildman–Crippen LogP) is 3.55. The van der Waals surface area contributed by atoms with Crippen LogP contribution in [0.15, 0.2) is 42.5 Å². The Morgan fingerprint density at radius 1 is 1.24 bits per heavy atom. The Morgan fingerprint density at radius 3 is 2.52 bits per heavy atom. The molecule has 0 bridgehead atoms. The number of carbonyl (C=O) groups is 1. The summed E-state index contributed by atoms with van der Waals surface area (Å²) in [5, 5.41) is 0. The normalized spacial score (nSPS) is 12.0. The molecule has 0 radical (unpaired) electrons. The standard InChI is InChI=1S/C17H19FN2O/c1-11-10-13(8-9-16(11)19)17(21)20(3)12(2)14-6-4-5-7-15(14)18/h4-10,12H,19H2,1-3H3. The van der Waals surface area contributed by atoms with Crippen molar-refractivity contribution in [3.05, 3.63) is 65.0 Å². The van der Waals surface area contributed by atoms with E-state index in [-0.39, 0.29) is 17.8 Å². The van der Waals surface area contributed by atoms with Gasteiger partial charge in [-0.2, -0.15) is 0 Å². The topological polar surface area (TPSA) is 46.3 Å². The SMILES string of the molecule is Cc1cc(C(=O)N(C)C(C)c2ccccc2F)ccc1N. The van der Waals surface area contributed by atoms with Crippen LogP contribution >= 0.6 is 0 Å². The van der Waals surface area contributed by atoms with E-state index >= 15 is 0 Å². The second-order valence-electron chi connectivity index (χ2n) is 5.18. The number of halogens is 1. The predicted molar refractivity (Wildman–Crippen MR) is 82.5 cm³/mol. The number of hydrogen-bond donors (Lipinski definition) is 1. The number of aryl methyl sites for hydroxylation is 1. The second-order valence-corrected chi connectivity index (χ2v) is 5.18. The van der Waals surface area contributed by atoms with Crippen LogP contribution in [0.4, 0.5) is 10.1 Å². The van der Waals surface area contributed by atoms with Crippen LogP contribution in [0.25, 0.3) is 0 Å². The number of nitrogens with zero attached hydrogens (tertiary/aromatic N) is 1. The first-order valence-corrected chi connectivity index (χ1v) is 6.79. The average molecular weight is 286 g/mol. The van der Waals surface area contributed by atoms with E-state index in [1.165, 1.54) is 11.0 Å². The fourth-order valence-corrected chi connectivity index (χ4v) is 2.21. The molecule has 110 valence electrons. The monoisotopic (exact) mass is 286 g/mol. The molecule has 0 aliphatic heterocycles. The van der Waals surface area contributed by atoms with Crippen molar-refractivity contribution in [2.45, 2.75) is 19.9 Å². The van der Waals surface area contributed by atoms with Crippen LogP contribution in [-0.2, 0) is 0 Å². The van der Waals surface area contributed by atoms with Crippen LogP contribution in [0.2, 0.25) is 0 Å². The van der Waals surface area contributed by atoms with Crippen LogP contribution in [-0.4, -0.2) is 17.9 Å². The average Bonchev–Trinajstić information content (AvgIpc) is 2.48. The number of amides is 1. The molecule has 0 aliphatic rings. The molecule has 1 amide bonds. The number of benzene rings is 2. The van der Waals surface area contributed by atoms with Crippen molar-refractivity contribution in [2.24, 2.45) is 0 Å². The molecule has 0 heterocycles. The summed E-state index contributed by atoms with van der Waals surface area (Å²) >= 11 is 0. The molecule has 0 aromatic heterocycles. The largest absolute Gasteiger partial charge is 0.399 e. The van der Waals surface area contributed by atoms with Crippen molar-refractivity contribution in [3.63, 3.8) is 0 Å². The van der Waals surface area contributed by atoms with Crippen molar-refractivity contribution < 1.29 is 9.18 Å². The highest BCUT2D eigenvalue weighted by atomic mass is 19.1. The molecule has 0 saturated carbocycles. The molecular formula is C17H19FN2O. The lowest BCUT2D eigenvalue weighted by Gasteiger charge is -2.26. The molecule has 2 N–H and O–H groups in total. The Labute approximate surface area is 124 Å². The molecule has 0 saturated heterocycles. The zero-order valence-electron chi connectivity index (χ0n) is 12.4. The first kappa shape index (κ1) is 15.0. The molecule has 1 atom stereocenters. The molecule has 3 nitrogen and oxygen atoms in total. The van der Waals surface area contributed by atoms with Crippen molar-refractivity contribution >= 4 is 11.6 Å². The van der Waals surface area contributed by atoms with Gasteiger partial charge in [-0.15, -0.1) is 0 Å². The molecule has 1 unspecified atom stereocenters. The Bertz CT molecular complexity index is 670. The lowest BCUT2D eigenvalue weighted by molar-refractivity contribution is 0.0740. The molecule has 2 aromatic carbocycles. The number of hydrogen-bond acceptors (Lipinski definition) is 2. The van der Waals surface area contributed by atoms with Gasteiger partial charge in [0, 0.05) is 23.9 Å². The summed E-state index contributed by atoms with van der Waals surface area (Å²) in [6.07, 6.45) is 0. The number of nitrogen functional groups attached to an aromatic ring is 1. The van der Waals surface area contributed by atoms with E-state index in [0.29, 0.717) is 16.8 Å².